The lowest BCUT2D eigenvalue weighted by atomic mass is 10.1. The third kappa shape index (κ3) is 8.48. The Balaban J connectivity index is 1.51. The number of aliphatic hydroxyl groups excluding tert-OH is 1. The second-order valence-corrected chi connectivity index (χ2v) is 11.4. The third-order valence-corrected chi connectivity index (χ3v) is 7.73. The van der Waals surface area contributed by atoms with Crippen LogP contribution in [-0.4, -0.2) is 49.2 Å². The van der Waals surface area contributed by atoms with E-state index in [0.29, 0.717) is 46.9 Å². The van der Waals surface area contributed by atoms with Crippen molar-refractivity contribution in [3.8, 4) is 57.7 Å². The maximum Gasteiger partial charge on any atom is 0.573 e. The molecule has 6 aromatic rings. The number of nitrogens with two attached hydrogens (primary N) is 1. The van der Waals surface area contributed by atoms with Crippen LogP contribution in [-0.2, 0) is 12.6 Å². The molecule has 266 valence electrons. The molecule has 0 spiro atoms. The standard InChI is InChI=1S/C37H30F6N7O2/c38-36(39,40)29-14-16-30(17-15-29)49-24-48(34(47-49)28-12-8-25(9-13-28)4-1-2-23-51)35-45-33(27-10-6-26(7-11-27)5-3-22-44)46-50(35)31-18-20-32(21-19-31)52-37(41,42)43/h6-21,24,51H,2-3,5,22-23,44H2/q+1. The smallest absolute Gasteiger partial charge is 0.406 e. The molecule has 6 rings (SSSR count). The number of hydrogen-bond donors (Lipinski definition) is 2. The number of halogens is 6. The predicted octanol–water partition coefficient (Wildman–Crippen LogP) is 6.61. The second-order valence-electron chi connectivity index (χ2n) is 11.4. The molecule has 0 atom stereocenters. The van der Waals surface area contributed by atoms with E-state index >= 15 is 0 Å². The van der Waals surface area contributed by atoms with Gasteiger partial charge in [0.1, 0.15) is 17.1 Å². The number of rotatable bonds is 10. The summed E-state index contributed by atoms with van der Waals surface area (Å²) in [5.41, 5.74) is 8.44. The van der Waals surface area contributed by atoms with Crippen LogP contribution < -0.4 is 15.0 Å². The van der Waals surface area contributed by atoms with Crippen LogP contribution in [0.1, 0.15) is 29.5 Å². The summed E-state index contributed by atoms with van der Waals surface area (Å²) in [4.78, 5) is 4.84. The number of ether oxygens (including phenoxy) is 1. The normalized spacial score (nSPS) is 11.7. The van der Waals surface area contributed by atoms with Crippen molar-refractivity contribution < 1.29 is 40.8 Å². The van der Waals surface area contributed by atoms with E-state index < -0.39 is 23.9 Å². The van der Waals surface area contributed by atoms with Crippen molar-refractivity contribution in [3.05, 3.63) is 120 Å². The average molecular weight is 719 g/mol. The quantitative estimate of drug-likeness (QED) is 0.0939. The van der Waals surface area contributed by atoms with Gasteiger partial charge in [0.25, 0.3) is 5.82 Å². The van der Waals surface area contributed by atoms with E-state index in [9.17, 15) is 26.3 Å². The maximum absolute atomic E-state index is 13.4. The molecule has 52 heavy (non-hydrogen) atoms. The summed E-state index contributed by atoms with van der Waals surface area (Å²) in [6.07, 6.45) is -6.01. The first-order chi connectivity index (χ1) is 24.9. The maximum atomic E-state index is 13.4. The lowest BCUT2D eigenvalue weighted by Gasteiger charge is -2.09. The summed E-state index contributed by atoms with van der Waals surface area (Å²) in [5.74, 6) is 6.15. The van der Waals surface area contributed by atoms with Gasteiger partial charge < -0.3 is 15.6 Å². The molecule has 0 aliphatic carbocycles. The molecule has 9 nitrogen and oxygen atoms in total. The van der Waals surface area contributed by atoms with Gasteiger partial charge in [-0.1, -0.05) is 29.1 Å². The minimum atomic E-state index is -4.89. The molecule has 0 fully saturated rings. The van der Waals surface area contributed by atoms with Crippen LogP contribution in [0.15, 0.2) is 103 Å². The van der Waals surface area contributed by atoms with E-state index in [1.165, 1.54) is 40.0 Å². The summed E-state index contributed by atoms with van der Waals surface area (Å²) in [6.45, 7) is 0.467. The summed E-state index contributed by atoms with van der Waals surface area (Å²) < 4.78 is 87.3. The van der Waals surface area contributed by atoms with Gasteiger partial charge in [-0.15, -0.1) is 27.5 Å². The molecule has 0 bridgehead atoms. The summed E-state index contributed by atoms with van der Waals surface area (Å²) in [5, 5.41) is 18.5. The van der Waals surface area contributed by atoms with Crippen LogP contribution in [0.5, 0.6) is 5.75 Å². The lowest BCUT2D eigenvalue weighted by Crippen LogP contribution is -2.35. The number of benzene rings is 4. The topological polar surface area (TPSA) is 108 Å². The van der Waals surface area contributed by atoms with E-state index in [2.05, 4.69) is 16.6 Å². The summed E-state index contributed by atoms with van der Waals surface area (Å²) in [7, 11) is 0. The van der Waals surface area contributed by atoms with Gasteiger partial charge in [-0.3, -0.25) is 0 Å². The molecule has 4 aromatic carbocycles. The van der Waals surface area contributed by atoms with Gasteiger partial charge in [-0.2, -0.15) is 17.7 Å². The van der Waals surface area contributed by atoms with Crippen LogP contribution in [0.4, 0.5) is 26.3 Å². The molecular weight excluding hydrogens is 688 g/mol. The van der Waals surface area contributed by atoms with Crippen molar-refractivity contribution in [1.82, 2.24) is 24.5 Å². The van der Waals surface area contributed by atoms with Crippen molar-refractivity contribution >= 4 is 0 Å². The summed E-state index contributed by atoms with van der Waals surface area (Å²) in [6, 6.07) is 24.1. The molecule has 0 aliphatic rings. The first kappa shape index (κ1) is 35.8. The fourth-order valence-corrected chi connectivity index (χ4v) is 5.20. The molecular formula is C37H30F6N7O2+. The molecule has 0 saturated heterocycles. The molecule has 0 aliphatic heterocycles. The van der Waals surface area contributed by atoms with Crippen molar-refractivity contribution in [2.75, 3.05) is 13.2 Å². The van der Waals surface area contributed by atoms with Crippen molar-refractivity contribution in [2.45, 2.75) is 31.8 Å². The number of aromatic nitrogens is 6. The zero-order chi connectivity index (χ0) is 36.9. The van der Waals surface area contributed by atoms with Crippen molar-refractivity contribution in [1.29, 1.82) is 0 Å². The van der Waals surface area contributed by atoms with E-state index in [0.717, 1.165) is 42.7 Å². The Bertz CT molecular complexity index is 2180. The van der Waals surface area contributed by atoms with E-state index in [1.807, 2.05) is 24.3 Å². The van der Waals surface area contributed by atoms with Crippen LogP contribution >= 0.6 is 0 Å². The number of aliphatic hydroxyl groups is 1. The Morgan fingerprint density at radius 3 is 2.06 bits per heavy atom. The zero-order valence-corrected chi connectivity index (χ0v) is 27.2. The van der Waals surface area contributed by atoms with Gasteiger partial charge in [-0.05, 0) is 115 Å². The molecule has 3 N–H and O–H groups in total. The monoisotopic (exact) mass is 718 g/mol. The molecule has 2 aromatic heterocycles. The number of alkyl halides is 6. The third-order valence-electron chi connectivity index (χ3n) is 7.73. The van der Waals surface area contributed by atoms with E-state index in [-0.39, 0.29) is 18.4 Å². The van der Waals surface area contributed by atoms with E-state index in [4.69, 9.17) is 26.0 Å². The van der Waals surface area contributed by atoms with Crippen molar-refractivity contribution in [2.24, 2.45) is 5.73 Å². The van der Waals surface area contributed by atoms with Gasteiger partial charge in [-0.25, -0.2) is 0 Å². The first-order valence-corrected chi connectivity index (χ1v) is 15.9. The molecule has 0 amide bonds. The van der Waals surface area contributed by atoms with Crippen LogP contribution in [0.25, 0.3) is 40.1 Å². The highest BCUT2D eigenvalue weighted by Gasteiger charge is 2.33. The minimum Gasteiger partial charge on any atom is -0.406 e. The van der Waals surface area contributed by atoms with Gasteiger partial charge in [0.2, 0.25) is 5.82 Å². The van der Waals surface area contributed by atoms with Gasteiger partial charge in [0.05, 0.1) is 12.2 Å². The highest BCUT2D eigenvalue weighted by molar-refractivity contribution is 5.58. The number of aryl methyl sites for hydroxylation is 1. The Kier molecular flexibility index (Phi) is 10.4. The molecule has 0 unspecified atom stereocenters. The van der Waals surface area contributed by atoms with Crippen LogP contribution in [0, 0.1) is 11.8 Å². The molecule has 15 heteroatoms. The van der Waals surface area contributed by atoms with Crippen molar-refractivity contribution in [3.63, 3.8) is 0 Å². The van der Waals surface area contributed by atoms with Crippen LogP contribution in [0.3, 0.4) is 0 Å². The minimum absolute atomic E-state index is 0.0777. The highest BCUT2D eigenvalue weighted by Crippen LogP contribution is 2.30. The lowest BCUT2D eigenvalue weighted by molar-refractivity contribution is -0.593. The second kappa shape index (κ2) is 15.1. The Morgan fingerprint density at radius 2 is 1.44 bits per heavy atom. The van der Waals surface area contributed by atoms with E-state index in [1.54, 1.807) is 28.8 Å². The Labute approximate surface area is 293 Å². The fourth-order valence-electron chi connectivity index (χ4n) is 5.20. The number of hydrogen-bond acceptors (Lipinski definition) is 6. The van der Waals surface area contributed by atoms with Gasteiger partial charge in [0, 0.05) is 23.1 Å². The Hall–Kier alpha value is -5.98. The predicted molar refractivity (Wildman–Crippen MR) is 179 cm³/mol. The molecule has 0 saturated carbocycles. The SMILES string of the molecule is NCCCc1ccc(-c2nc(-[n+]3cn(-c4ccc(C(F)(F)F)cc4)nc3-c3ccc(C#CCCO)cc3)n(-c3ccc(OC(F)(F)F)cc3)n2)cc1. The highest BCUT2D eigenvalue weighted by atomic mass is 19.4. The average Bonchev–Trinajstić information content (AvgIpc) is 3.76. The van der Waals surface area contributed by atoms with Gasteiger partial charge >= 0.3 is 18.5 Å². The fraction of sp³-hybridized carbons (Fsp3) is 0.189. The first-order valence-electron chi connectivity index (χ1n) is 15.9. The van der Waals surface area contributed by atoms with Crippen LogP contribution in [0.2, 0.25) is 0 Å². The number of nitrogens with zero attached hydrogens (tertiary/aromatic N) is 6. The summed E-state index contributed by atoms with van der Waals surface area (Å²) >= 11 is 0. The molecule has 0 radical (unpaired) electrons. The Morgan fingerprint density at radius 1 is 0.788 bits per heavy atom. The largest absolute Gasteiger partial charge is 0.573 e. The molecule has 2 heterocycles. The zero-order valence-electron chi connectivity index (χ0n) is 27.2. The van der Waals surface area contributed by atoms with Gasteiger partial charge in [0.15, 0.2) is 6.33 Å².